The minimum Gasteiger partial charge on any atom is -0.508 e. The molecule has 1 aliphatic heterocycles. The number of hydrogen-bond acceptors (Lipinski definition) is 19. The number of imidazole rings is 1. The highest BCUT2D eigenvalue weighted by Crippen LogP contribution is 2.32. The molecule has 0 radical (unpaired) electrons. The summed E-state index contributed by atoms with van der Waals surface area (Å²) in [6, 6.07) is 15.9. The molecule has 3 heterocycles. The minimum atomic E-state index is -2.08. The quantitative estimate of drug-likeness (QED) is 0.0262. The number of carbonyl (C=O) groups is 14. The maximum absolute atomic E-state index is 15.2. The molecule has 12 amide bonds. The average Bonchev–Trinajstić information content (AvgIpc) is 0.953. The third-order valence-electron chi connectivity index (χ3n) is 20.2. The number of alkyl carbamates (subject to hydrolysis) is 1. The number of rotatable bonds is 42. The van der Waals surface area contributed by atoms with Crippen molar-refractivity contribution in [3.8, 4) is 28.1 Å². The number of aromatic nitrogens is 3. The van der Waals surface area contributed by atoms with Gasteiger partial charge in [-0.05, 0) is 155 Å². The molecule has 4 aromatic carbocycles. The number of nitrogens with two attached hydrogens (primary N) is 1. The van der Waals surface area contributed by atoms with Crippen LogP contribution in [0.25, 0.3) is 22.4 Å². The normalized spacial score (nSPS) is 15.7. The zero-order valence-electron chi connectivity index (χ0n) is 65.6. The van der Waals surface area contributed by atoms with Crippen LogP contribution in [0.4, 0.5) is 9.18 Å². The number of methoxy groups -OCH3 is 1. The predicted molar refractivity (Wildman–Crippen MR) is 419 cm³/mol. The van der Waals surface area contributed by atoms with Gasteiger partial charge in [0, 0.05) is 43.8 Å². The lowest BCUT2D eigenvalue weighted by atomic mass is 9.86. The van der Waals surface area contributed by atoms with Crippen LogP contribution >= 0.6 is 0 Å². The van der Waals surface area contributed by atoms with Gasteiger partial charge in [0.05, 0.1) is 44.4 Å². The van der Waals surface area contributed by atoms with Crippen molar-refractivity contribution in [1.29, 1.82) is 0 Å². The number of benzene rings is 4. The summed E-state index contributed by atoms with van der Waals surface area (Å²) in [6.45, 7) is 7.50. The zero-order chi connectivity index (χ0) is 85.0. The number of nitrogens with one attached hydrogen (secondary N) is 11. The smallest absolute Gasteiger partial charge is 0.407 e. The van der Waals surface area contributed by atoms with E-state index < -0.39 is 181 Å². The van der Waals surface area contributed by atoms with Gasteiger partial charge < -0.3 is 93.9 Å². The van der Waals surface area contributed by atoms with Crippen LogP contribution in [-0.4, -0.2) is 210 Å². The third kappa shape index (κ3) is 25.7. The summed E-state index contributed by atoms with van der Waals surface area (Å²) < 4.78 is 20.0. The molecule has 34 nitrogen and oxygen atoms in total. The SMILES string of the molecule is CCc1cc(O)ccc1-c1ccc(CC[C@H](NC(=O)[C@H](CC(=O)O)NC(=O)[C@H](CO)NC(=O)[C@H](CC)NC(=O)[C@](C)(CCc2ccccc2F)NC(=O)[C@H](CC)NC(=O)CNC(=O)[C@H](CCC(=O)O)NC(=O)C2(C)CCCCN2C(=O)[C@H](Cc2c[nH]cn2)NC(=O)OC)C(=O)N[C@@H](Cc2ccc(-c3ccccc3C)nc2)C(N)=O)cc1. The van der Waals surface area contributed by atoms with Gasteiger partial charge >= 0.3 is 18.0 Å². The van der Waals surface area contributed by atoms with Crippen molar-refractivity contribution in [2.75, 3.05) is 26.8 Å². The second kappa shape index (κ2) is 43.0. The number of nitrogens with zero attached hydrogens (tertiary/aromatic N) is 3. The molecule has 0 aliphatic carbocycles. The van der Waals surface area contributed by atoms with Crippen LogP contribution in [0, 0.1) is 12.7 Å². The summed E-state index contributed by atoms with van der Waals surface area (Å²) in [4.78, 5) is 205. The van der Waals surface area contributed by atoms with E-state index in [2.05, 4.69) is 68.1 Å². The van der Waals surface area contributed by atoms with Gasteiger partial charge in [0.25, 0.3) is 0 Å². The number of aromatic amines is 1. The maximum Gasteiger partial charge on any atom is 0.407 e. The van der Waals surface area contributed by atoms with Crippen LogP contribution in [0.5, 0.6) is 5.75 Å². The first-order chi connectivity index (χ1) is 55.2. The number of carbonyl (C=O) groups excluding carboxylic acids is 12. The first-order valence-electron chi connectivity index (χ1n) is 38.1. The fourth-order valence-corrected chi connectivity index (χ4v) is 13.3. The van der Waals surface area contributed by atoms with E-state index in [0.717, 1.165) is 41.0 Å². The van der Waals surface area contributed by atoms with Crippen molar-refractivity contribution < 1.29 is 96.7 Å². The lowest BCUT2D eigenvalue weighted by molar-refractivity contribution is -0.152. The first kappa shape index (κ1) is 90.5. The molecule has 35 heteroatoms. The summed E-state index contributed by atoms with van der Waals surface area (Å²) >= 11 is 0. The third-order valence-corrected chi connectivity index (χ3v) is 20.2. The topological polar surface area (TPSA) is 520 Å². The Labute approximate surface area is 669 Å². The number of pyridine rings is 1. The van der Waals surface area contributed by atoms with E-state index in [1.807, 2.05) is 50.2 Å². The molecule has 1 saturated heterocycles. The summed E-state index contributed by atoms with van der Waals surface area (Å²) in [5.74, 6) is -14.7. The molecule has 6 aromatic rings. The van der Waals surface area contributed by atoms with Crippen molar-refractivity contribution in [2.24, 2.45) is 5.73 Å². The van der Waals surface area contributed by atoms with Crippen LogP contribution in [0.15, 0.2) is 122 Å². The number of H-pyrrole nitrogens is 1. The Hall–Kier alpha value is -12.7. The molecule has 116 heavy (non-hydrogen) atoms. The Morgan fingerprint density at radius 2 is 1.28 bits per heavy atom. The Morgan fingerprint density at radius 1 is 0.647 bits per heavy atom. The highest BCUT2D eigenvalue weighted by atomic mass is 19.1. The van der Waals surface area contributed by atoms with Gasteiger partial charge in [-0.2, -0.15) is 0 Å². The Kier molecular flexibility index (Phi) is 33.5. The monoisotopic (exact) mass is 1610 g/mol. The fourth-order valence-electron chi connectivity index (χ4n) is 13.3. The number of aromatic hydroxyl groups is 1. The predicted octanol–water partition coefficient (Wildman–Crippen LogP) is 2.42. The number of piperidine rings is 1. The molecule has 10 atom stereocenters. The summed E-state index contributed by atoms with van der Waals surface area (Å²) in [5.41, 5.74) is 8.83. The number of likely N-dealkylation sites (tertiary alicyclic amines) is 1. The first-order valence-corrected chi connectivity index (χ1v) is 38.1. The highest BCUT2D eigenvalue weighted by molar-refractivity contribution is 6.01. The number of aryl methyl sites for hydroxylation is 4. The molecule has 0 saturated carbocycles. The molecule has 1 fully saturated rings. The van der Waals surface area contributed by atoms with Crippen molar-refractivity contribution in [3.05, 3.63) is 161 Å². The molecule has 17 N–H and O–H groups in total. The number of aliphatic carboxylic acids is 2. The molecule has 0 bridgehead atoms. The molecule has 1 unspecified atom stereocenters. The summed E-state index contributed by atoms with van der Waals surface area (Å²) in [5, 5.41) is 65.1. The van der Waals surface area contributed by atoms with E-state index in [1.54, 1.807) is 42.5 Å². The Bertz CT molecular complexity index is 4490. The second-order valence-corrected chi connectivity index (χ2v) is 28.7. The Balaban J connectivity index is 1.03. The Morgan fingerprint density at radius 3 is 1.91 bits per heavy atom. The molecule has 1 aliphatic rings. The lowest BCUT2D eigenvalue weighted by Crippen LogP contribution is -2.66. The molecular weight excluding hydrogens is 1510 g/mol. The lowest BCUT2D eigenvalue weighted by Gasteiger charge is -2.45. The average molecular weight is 1610 g/mol. The van der Waals surface area contributed by atoms with E-state index in [0.29, 0.717) is 41.8 Å². The number of primary amides is 1. The molecule has 7 rings (SSSR count). The molecule has 622 valence electrons. The van der Waals surface area contributed by atoms with Gasteiger partial charge in [-0.15, -0.1) is 0 Å². The number of halogens is 1. The number of aliphatic hydroxyl groups excluding tert-OH is 1. The number of amides is 12. The number of carboxylic acids is 2. The standard InChI is InChI=1S/C81H102FN15O19/c1-8-49-38-53(99)27-28-55(49)50-25-21-47(22-26-50)23-30-61(72(108)90-62(69(83)105)37-48-24-29-59(85-41-48)54-19-13-11-17-46(54)4)89-73(109)63(40-68(103)104)91-74(110)65(44-98)92-71(107)57(9-2)93-77(113)80(5,35-33-51-18-12-14-20-56(51)82)96-75(111)58(10-3)88-66(100)43-86-70(106)60(31-32-67(101)102)94-78(114)81(6)34-15-16-36-97(81)76(112)64(95-79(115)116-7)39-52-42-84-45-87-52/h11-14,17-22,24-29,38,41-42,45,57-58,60-65,98-99H,8-10,15-16,23,30-37,39-40,43-44H2,1-7H3,(H2,83,105)(H,84,87)(H,86,106)(H,88,100)(H,89,109)(H,90,108)(H,91,110)(H,92,107)(H,93,113)(H,94,114)(H,95,115)(H,96,111)(H,101,102)(H,103,104)/t57-,58-,60-,61-,62-,63-,64-,65-,80-,81?/m0/s1. The van der Waals surface area contributed by atoms with E-state index in [9.17, 15) is 87.5 Å². The van der Waals surface area contributed by atoms with Gasteiger partial charge in [0.1, 0.15) is 71.0 Å². The van der Waals surface area contributed by atoms with E-state index in [1.165, 1.54) is 69.5 Å². The number of carboxylic acid groups (broad SMARTS) is 2. The summed E-state index contributed by atoms with van der Waals surface area (Å²) in [6.07, 6.45) is 1.52. The van der Waals surface area contributed by atoms with Gasteiger partial charge in [-0.1, -0.05) is 99.6 Å². The summed E-state index contributed by atoms with van der Waals surface area (Å²) in [7, 11) is 1.10. The molecule has 2 aromatic heterocycles. The van der Waals surface area contributed by atoms with Crippen LogP contribution < -0.4 is 58.9 Å². The van der Waals surface area contributed by atoms with Crippen molar-refractivity contribution in [3.63, 3.8) is 0 Å². The van der Waals surface area contributed by atoms with Gasteiger partial charge in [0.2, 0.25) is 65.0 Å². The van der Waals surface area contributed by atoms with Crippen LogP contribution in [0.2, 0.25) is 0 Å². The number of phenolic OH excluding ortho intramolecular Hbond substituents is 1. The van der Waals surface area contributed by atoms with Gasteiger partial charge in [0.15, 0.2) is 0 Å². The van der Waals surface area contributed by atoms with Crippen molar-refractivity contribution >= 4 is 83.0 Å². The largest absolute Gasteiger partial charge is 0.508 e. The van der Waals surface area contributed by atoms with E-state index >= 15 is 4.39 Å². The fraction of sp³-hybridized carbons (Fsp3) is 0.432. The van der Waals surface area contributed by atoms with Gasteiger partial charge in [-0.25, -0.2) is 14.2 Å². The van der Waals surface area contributed by atoms with Crippen LogP contribution in [0.3, 0.4) is 0 Å². The molecular formula is C81H102FN15O19. The van der Waals surface area contributed by atoms with Crippen LogP contribution in [-0.2, 0) is 99.2 Å². The van der Waals surface area contributed by atoms with E-state index in [-0.39, 0.29) is 75.6 Å². The number of aliphatic hydroxyl groups is 1. The van der Waals surface area contributed by atoms with Crippen LogP contribution in [0.1, 0.15) is 132 Å². The van der Waals surface area contributed by atoms with Crippen molar-refractivity contribution in [1.82, 2.24) is 73.0 Å². The zero-order valence-corrected chi connectivity index (χ0v) is 65.6. The number of ether oxygens (including phenoxy) is 1. The van der Waals surface area contributed by atoms with E-state index in [4.69, 9.17) is 10.5 Å². The maximum atomic E-state index is 15.2. The molecule has 0 spiro atoms. The van der Waals surface area contributed by atoms with Gasteiger partial charge in [-0.3, -0.25) is 67.3 Å². The van der Waals surface area contributed by atoms with Crippen molar-refractivity contribution in [2.45, 2.75) is 197 Å². The number of hydrogen-bond donors (Lipinski definition) is 16. The highest BCUT2D eigenvalue weighted by Gasteiger charge is 2.47. The number of phenols is 1. The second-order valence-electron chi connectivity index (χ2n) is 28.7. The minimum absolute atomic E-state index is 0.0457.